The van der Waals surface area contributed by atoms with Crippen LogP contribution < -0.4 is 0 Å². The number of esters is 1. The van der Waals surface area contributed by atoms with Crippen molar-refractivity contribution in [1.82, 2.24) is 4.90 Å². The van der Waals surface area contributed by atoms with Crippen molar-refractivity contribution in [3.05, 3.63) is 0 Å². The van der Waals surface area contributed by atoms with E-state index in [2.05, 4.69) is 18.7 Å². The second kappa shape index (κ2) is 7.20. The van der Waals surface area contributed by atoms with Gasteiger partial charge in [-0.25, -0.2) is 0 Å². The normalized spacial score (nSPS) is 59.4. The number of ether oxygens (including phenoxy) is 6. The van der Waals surface area contributed by atoms with Crippen LogP contribution in [0.15, 0.2) is 0 Å². The molecule has 5 unspecified atom stereocenters. The van der Waals surface area contributed by atoms with Gasteiger partial charge >= 0.3 is 5.97 Å². The molecule has 7 fully saturated rings. The molecule has 8 heteroatoms. The SMILES string of the molecule is CCN1C[C@]2(C)CCC(OC)C34[C@@H]5CC6C(OC)[C@@H]5[C@@]5(C[C@@H]6OC)OCOC5([C@H]13)[C@@H](OC(C)=O)[C@@H]42. The van der Waals surface area contributed by atoms with Crippen LogP contribution in [0.1, 0.15) is 46.5 Å². The minimum Gasteiger partial charge on any atom is -0.459 e. The van der Waals surface area contributed by atoms with Gasteiger partial charge in [-0.05, 0) is 37.1 Å². The van der Waals surface area contributed by atoms with Crippen LogP contribution in [0.2, 0.25) is 0 Å². The van der Waals surface area contributed by atoms with Crippen molar-refractivity contribution in [1.29, 1.82) is 0 Å². The van der Waals surface area contributed by atoms with E-state index in [0.29, 0.717) is 11.8 Å². The zero-order chi connectivity index (χ0) is 24.5. The molecular weight excluding hydrogens is 450 g/mol. The molecule has 0 aromatic heterocycles. The number of fused-ring (bicyclic) bond motifs is 1. The van der Waals surface area contributed by atoms with Crippen molar-refractivity contribution < 1.29 is 33.2 Å². The number of likely N-dealkylation sites (N-methyl/N-ethyl adjacent to an activating group) is 1. The summed E-state index contributed by atoms with van der Waals surface area (Å²) in [6, 6.07) is 0.0586. The van der Waals surface area contributed by atoms with Crippen molar-refractivity contribution >= 4 is 5.97 Å². The highest BCUT2D eigenvalue weighted by molar-refractivity contribution is 5.67. The van der Waals surface area contributed by atoms with Crippen LogP contribution in [0.5, 0.6) is 0 Å². The van der Waals surface area contributed by atoms with Gasteiger partial charge in [-0.2, -0.15) is 0 Å². The maximum atomic E-state index is 12.8. The Balaban J connectivity index is 1.57. The summed E-state index contributed by atoms with van der Waals surface area (Å²) in [5, 5.41) is 0. The summed E-state index contributed by atoms with van der Waals surface area (Å²) in [6.07, 6.45) is 3.57. The zero-order valence-corrected chi connectivity index (χ0v) is 22.0. The highest BCUT2D eigenvalue weighted by Crippen LogP contribution is 2.82. The lowest BCUT2D eigenvalue weighted by atomic mass is 9.43. The minimum absolute atomic E-state index is 0.00174. The molecule has 0 radical (unpaired) electrons. The van der Waals surface area contributed by atoms with Gasteiger partial charge in [-0.1, -0.05) is 13.8 Å². The summed E-state index contributed by atoms with van der Waals surface area (Å²) in [5.74, 6) is 0.698. The molecule has 5 saturated carbocycles. The molecule has 0 amide bonds. The lowest BCUT2D eigenvalue weighted by molar-refractivity contribution is -0.282. The van der Waals surface area contributed by atoms with E-state index in [4.69, 9.17) is 28.4 Å². The van der Waals surface area contributed by atoms with Gasteiger partial charge in [-0.15, -0.1) is 0 Å². The number of rotatable bonds is 5. The van der Waals surface area contributed by atoms with Gasteiger partial charge in [0.25, 0.3) is 0 Å². The summed E-state index contributed by atoms with van der Waals surface area (Å²) < 4.78 is 39.2. The fourth-order valence-electron chi connectivity index (χ4n) is 11.7. The molecule has 13 atom stereocenters. The second-order valence-electron chi connectivity index (χ2n) is 12.7. The number of nitrogens with zero attached hydrogens (tertiary/aromatic N) is 1. The van der Waals surface area contributed by atoms with Gasteiger partial charge in [0.1, 0.15) is 18.5 Å². The van der Waals surface area contributed by atoms with Crippen LogP contribution in [0.3, 0.4) is 0 Å². The summed E-state index contributed by atoms with van der Waals surface area (Å²) in [6.45, 7) is 8.34. The van der Waals surface area contributed by atoms with Crippen LogP contribution in [-0.2, 0) is 33.2 Å². The highest BCUT2D eigenvalue weighted by Gasteiger charge is 2.94. The minimum atomic E-state index is -0.776. The average Bonchev–Trinajstić information content (AvgIpc) is 3.41. The Bertz CT molecular complexity index is 931. The van der Waals surface area contributed by atoms with E-state index in [0.717, 1.165) is 38.8 Å². The summed E-state index contributed by atoms with van der Waals surface area (Å²) in [5.41, 5.74) is -1.61. The van der Waals surface area contributed by atoms with Gasteiger partial charge in [0.2, 0.25) is 0 Å². The third kappa shape index (κ3) is 2.24. The third-order valence-electron chi connectivity index (χ3n) is 12.1. The molecule has 7 aliphatic rings. The van der Waals surface area contributed by atoms with E-state index in [1.807, 2.05) is 21.3 Å². The summed E-state index contributed by atoms with van der Waals surface area (Å²) >= 11 is 0. The summed E-state index contributed by atoms with van der Waals surface area (Å²) in [4.78, 5) is 15.4. The number of carbonyl (C=O) groups excluding carboxylic acids is 1. The molecule has 3 spiro atoms. The number of carbonyl (C=O) groups is 1. The zero-order valence-electron chi connectivity index (χ0n) is 22.0. The van der Waals surface area contributed by atoms with Crippen molar-refractivity contribution in [2.75, 3.05) is 41.2 Å². The molecule has 0 aromatic rings. The Kier molecular flexibility index (Phi) is 4.81. The number of likely N-dealkylation sites (tertiary alicyclic amines) is 1. The van der Waals surface area contributed by atoms with Crippen LogP contribution in [-0.4, -0.2) is 93.7 Å². The topological polar surface area (TPSA) is 75.7 Å². The van der Waals surface area contributed by atoms with E-state index < -0.39 is 11.2 Å². The molecule has 196 valence electrons. The maximum absolute atomic E-state index is 12.8. The van der Waals surface area contributed by atoms with E-state index in [-0.39, 0.29) is 65.9 Å². The molecule has 2 heterocycles. The largest absolute Gasteiger partial charge is 0.459 e. The van der Waals surface area contributed by atoms with Gasteiger partial charge in [0.05, 0.1) is 24.4 Å². The van der Waals surface area contributed by atoms with Gasteiger partial charge in [0, 0.05) is 64.4 Å². The van der Waals surface area contributed by atoms with Crippen LogP contribution in [0.25, 0.3) is 0 Å². The lowest BCUT2D eigenvalue weighted by Crippen LogP contribution is -2.81. The Morgan fingerprint density at radius 2 is 1.94 bits per heavy atom. The van der Waals surface area contributed by atoms with E-state index in [1.165, 1.54) is 0 Å². The summed E-state index contributed by atoms with van der Waals surface area (Å²) in [7, 11) is 5.52. The van der Waals surface area contributed by atoms with Gasteiger partial charge in [-0.3, -0.25) is 9.69 Å². The molecule has 2 aliphatic heterocycles. The Morgan fingerprint density at radius 3 is 2.60 bits per heavy atom. The fourth-order valence-corrected chi connectivity index (χ4v) is 11.7. The molecule has 0 aromatic carbocycles. The van der Waals surface area contributed by atoms with Crippen molar-refractivity contribution in [2.24, 2.45) is 34.5 Å². The first-order valence-electron chi connectivity index (χ1n) is 13.6. The number of piperidine rings is 1. The van der Waals surface area contributed by atoms with E-state index in [9.17, 15) is 4.79 Å². The van der Waals surface area contributed by atoms with Gasteiger partial charge < -0.3 is 28.4 Å². The quantitative estimate of drug-likeness (QED) is 0.542. The monoisotopic (exact) mass is 491 g/mol. The number of hydrogen-bond donors (Lipinski definition) is 0. The molecule has 2 saturated heterocycles. The van der Waals surface area contributed by atoms with E-state index in [1.54, 1.807) is 6.92 Å². The average molecular weight is 492 g/mol. The highest BCUT2D eigenvalue weighted by atomic mass is 16.7. The van der Waals surface area contributed by atoms with Crippen molar-refractivity contribution in [3.63, 3.8) is 0 Å². The molecule has 7 rings (SSSR count). The number of methoxy groups -OCH3 is 3. The Morgan fingerprint density at radius 1 is 1.14 bits per heavy atom. The lowest BCUT2D eigenvalue weighted by Gasteiger charge is -2.69. The fraction of sp³-hybridized carbons (Fsp3) is 0.963. The number of hydrogen-bond acceptors (Lipinski definition) is 8. The van der Waals surface area contributed by atoms with Crippen molar-refractivity contribution in [2.45, 2.75) is 88.1 Å². The molecule has 8 nitrogen and oxygen atoms in total. The second-order valence-corrected chi connectivity index (χ2v) is 12.7. The smallest absolute Gasteiger partial charge is 0.303 e. The van der Waals surface area contributed by atoms with E-state index >= 15 is 0 Å². The maximum Gasteiger partial charge on any atom is 0.303 e. The van der Waals surface area contributed by atoms with Crippen LogP contribution >= 0.6 is 0 Å². The first-order chi connectivity index (χ1) is 16.8. The van der Waals surface area contributed by atoms with Crippen molar-refractivity contribution in [3.8, 4) is 0 Å². The Labute approximate surface area is 208 Å². The standard InChI is InChI=1S/C27H41NO7/c1-7-28-12-24(3)9-8-18(31-5)26-16-10-15-17(30-4)11-25(19(16)20(15)32-6)27(23(26)28,34-13-33-25)22(21(24)26)35-14(2)29/h15-23H,7-13H2,1-6H3/t15?,16-,17+,18?,19-,20?,21-,22+,23-,24+,25-,26?,27?/m1/s1. The predicted molar refractivity (Wildman–Crippen MR) is 124 cm³/mol. The first-order valence-corrected chi connectivity index (χ1v) is 13.6. The molecule has 7 bridgehead atoms. The van der Waals surface area contributed by atoms with Crippen LogP contribution in [0.4, 0.5) is 0 Å². The third-order valence-corrected chi connectivity index (χ3v) is 12.1. The molecule has 5 aliphatic carbocycles. The Hall–Kier alpha value is -0.770. The predicted octanol–water partition coefficient (Wildman–Crippen LogP) is 2.24. The first kappa shape index (κ1) is 23.4. The molecular formula is C27H41NO7. The van der Waals surface area contributed by atoms with Gasteiger partial charge in [0.15, 0.2) is 5.60 Å². The van der Waals surface area contributed by atoms with Crippen LogP contribution in [0, 0.1) is 34.5 Å². The molecule has 35 heavy (non-hydrogen) atoms. The molecule has 0 N–H and O–H groups in total.